The number of nitrogens with zero attached hydrogens (tertiary/aromatic N) is 2. The van der Waals surface area contributed by atoms with Gasteiger partial charge in [-0.1, -0.05) is 19.1 Å². The molecular formula is C19H21N3O3S. The van der Waals surface area contributed by atoms with Crippen molar-refractivity contribution in [1.82, 2.24) is 9.55 Å². The third-order valence-electron chi connectivity index (χ3n) is 4.32. The van der Waals surface area contributed by atoms with E-state index in [0.29, 0.717) is 17.6 Å². The minimum Gasteiger partial charge on any atom is -0.497 e. The Morgan fingerprint density at radius 2 is 2.15 bits per heavy atom. The number of primary amides is 1. The largest absolute Gasteiger partial charge is 0.497 e. The van der Waals surface area contributed by atoms with Crippen LogP contribution >= 0.6 is 11.3 Å². The fourth-order valence-corrected chi connectivity index (χ4v) is 4.14. The van der Waals surface area contributed by atoms with Gasteiger partial charge in [-0.3, -0.25) is 14.2 Å². The van der Waals surface area contributed by atoms with Crippen molar-refractivity contribution in [3.63, 3.8) is 0 Å². The molecule has 26 heavy (non-hydrogen) atoms. The van der Waals surface area contributed by atoms with Crippen LogP contribution in [0.2, 0.25) is 0 Å². The van der Waals surface area contributed by atoms with Gasteiger partial charge in [0.25, 0.3) is 5.56 Å². The number of hydrogen-bond donors (Lipinski definition) is 1. The topological polar surface area (TPSA) is 87.2 Å². The maximum absolute atomic E-state index is 13.2. The van der Waals surface area contributed by atoms with E-state index in [1.165, 1.54) is 11.3 Å². The smallest absolute Gasteiger partial charge is 0.262 e. The van der Waals surface area contributed by atoms with Gasteiger partial charge >= 0.3 is 0 Å². The normalized spacial score (nSPS) is 11.0. The zero-order valence-corrected chi connectivity index (χ0v) is 15.9. The Balaban J connectivity index is 2.27. The number of ether oxygens (including phenoxy) is 1. The molecule has 7 heteroatoms. The molecule has 0 bridgehead atoms. The van der Waals surface area contributed by atoms with E-state index in [1.807, 2.05) is 38.1 Å². The Morgan fingerprint density at radius 3 is 2.81 bits per heavy atom. The third-order valence-corrected chi connectivity index (χ3v) is 5.32. The maximum atomic E-state index is 13.2. The van der Waals surface area contributed by atoms with Crippen LogP contribution in [-0.2, 0) is 17.8 Å². The summed E-state index contributed by atoms with van der Waals surface area (Å²) in [5.41, 5.74) is 6.92. The molecule has 6 nitrogen and oxygen atoms in total. The summed E-state index contributed by atoms with van der Waals surface area (Å²) in [6.07, 6.45) is 0.715. The standard InChI is InChI=1S/C19H21N3O3S/c1-4-15-21-18-17(19(24)22(15)9-8-14(20)23)16(11(2)26-18)12-6-5-7-13(10-12)25-3/h5-7,10H,4,8-9H2,1-3H3,(H2,20,23). The highest BCUT2D eigenvalue weighted by molar-refractivity contribution is 7.19. The third kappa shape index (κ3) is 3.22. The number of methoxy groups -OCH3 is 1. The zero-order valence-electron chi connectivity index (χ0n) is 15.0. The van der Waals surface area contributed by atoms with Crippen molar-refractivity contribution in [1.29, 1.82) is 0 Å². The number of aryl methyl sites for hydroxylation is 2. The monoisotopic (exact) mass is 371 g/mol. The number of amides is 1. The average Bonchev–Trinajstić information content (AvgIpc) is 2.96. The van der Waals surface area contributed by atoms with Gasteiger partial charge in [0, 0.05) is 29.8 Å². The first-order valence-electron chi connectivity index (χ1n) is 8.41. The van der Waals surface area contributed by atoms with E-state index in [9.17, 15) is 9.59 Å². The van der Waals surface area contributed by atoms with Gasteiger partial charge in [0.1, 0.15) is 16.4 Å². The molecule has 1 amide bonds. The number of hydrogen-bond acceptors (Lipinski definition) is 5. The van der Waals surface area contributed by atoms with Gasteiger partial charge in [-0.05, 0) is 24.6 Å². The Kier molecular flexibility index (Phi) is 5.08. The molecule has 0 atom stereocenters. The lowest BCUT2D eigenvalue weighted by Crippen LogP contribution is -2.27. The first-order chi connectivity index (χ1) is 12.5. The Labute approximate surface area is 155 Å². The number of rotatable bonds is 6. The van der Waals surface area contributed by atoms with E-state index in [0.717, 1.165) is 26.6 Å². The van der Waals surface area contributed by atoms with Crippen molar-refractivity contribution in [2.75, 3.05) is 7.11 Å². The quantitative estimate of drug-likeness (QED) is 0.722. The number of thiophene rings is 1. The van der Waals surface area contributed by atoms with Crippen molar-refractivity contribution in [2.45, 2.75) is 33.2 Å². The summed E-state index contributed by atoms with van der Waals surface area (Å²) in [7, 11) is 1.61. The van der Waals surface area contributed by atoms with Gasteiger partial charge in [-0.2, -0.15) is 0 Å². The highest BCUT2D eigenvalue weighted by Gasteiger charge is 2.19. The predicted molar refractivity (Wildman–Crippen MR) is 104 cm³/mol. The second-order valence-corrected chi connectivity index (χ2v) is 7.20. The average molecular weight is 371 g/mol. The van der Waals surface area contributed by atoms with E-state index in [4.69, 9.17) is 10.5 Å². The molecule has 0 aliphatic heterocycles. The summed E-state index contributed by atoms with van der Waals surface area (Å²) in [5, 5.41) is 0.586. The van der Waals surface area contributed by atoms with E-state index < -0.39 is 5.91 Å². The van der Waals surface area contributed by atoms with E-state index >= 15 is 0 Å². The fraction of sp³-hybridized carbons (Fsp3) is 0.316. The van der Waals surface area contributed by atoms with Gasteiger partial charge in [0.15, 0.2) is 0 Å². The SMILES string of the molecule is CCc1nc2sc(C)c(-c3cccc(OC)c3)c2c(=O)n1CCC(N)=O. The number of benzene rings is 1. The zero-order chi connectivity index (χ0) is 18.8. The Bertz CT molecular complexity index is 1040. The molecule has 0 aliphatic rings. The van der Waals surface area contributed by atoms with Gasteiger partial charge in [0.05, 0.1) is 12.5 Å². The van der Waals surface area contributed by atoms with Crippen molar-refractivity contribution >= 4 is 27.5 Å². The lowest BCUT2D eigenvalue weighted by atomic mass is 10.0. The van der Waals surface area contributed by atoms with Crippen LogP contribution in [0, 0.1) is 6.92 Å². The molecule has 2 N–H and O–H groups in total. The van der Waals surface area contributed by atoms with Crippen molar-refractivity contribution in [2.24, 2.45) is 5.73 Å². The number of aromatic nitrogens is 2. The van der Waals surface area contributed by atoms with Crippen LogP contribution in [0.3, 0.4) is 0 Å². The van der Waals surface area contributed by atoms with Crippen LogP contribution in [-0.4, -0.2) is 22.6 Å². The first-order valence-corrected chi connectivity index (χ1v) is 9.23. The summed E-state index contributed by atoms with van der Waals surface area (Å²) in [5.74, 6) is 0.962. The molecule has 2 heterocycles. The minimum atomic E-state index is -0.437. The molecule has 0 saturated carbocycles. The van der Waals surface area contributed by atoms with Crippen LogP contribution in [0.15, 0.2) is 29.1 Å². The summed E-state index contributed by atoms with van der Waals surface area (Å²) in [6, 6.07) is 7.63. The number of carbonyl (C=O) groups is 1. The molecule has 0 aliphatic carbocycles. The van der Waals surface area contributed by atoms with Crippen molar-refractivity contribution < 1.29 is 9.53 Å². The van der Waals surface area contributed by atoms with Crippen molar-refractivity contribution in [3.05, 3.63) is 45.3 Å². The summed E-state index contributed by atoms with van der Waals surface area (Å²) < 4.78 is 6.89. The first kappa shape index (κ1) is 18.1. The lowest BCUT2D eigenvalue weighted by molar-refractivity contribution is -0.118. The van der Waals surface area contributed by atoms with Crippen LogP contribution < -0.4 is 16.0 Å². The van der Waals surface area contributed by atoms with E-state index in [-0.39, 0.29) is 18.5 Å². The second-order valence-electron chi connectivity index (χ2n) is 6.00. The van der Waals surface area contributed by atoms with Gasteiger partial charge in [-0.15, -0.1) is 11.3 Å². The van der Waals surface area contributed by atoms with Gasteiger partial charge in [0.2, 0.25) is 5.91 Å². The Morgan fingerprint density at radius 1 is 1.38 bits per heavy atom. The molecule has 136 valence electrons. The molecule has 2 aromatic heterocycles. The highest BCUT2D eigenvalue weighted by atomic mass is 32.1. The van der Waals surface area contributed by atoms with Crippen LogP contribution in [0.1, 0.15) is 24.0 Å². The van der Waals surface area contributed by atoms with Crippen LogP contribution in [0.25, 0.3) is 21.3 Å². The molecule has 0 radical (unpaired) electrons. The number of nitrogens with two attached hydrogens (primary N) is 1. The molecule has 0 unspecified atom stereocenters. The molecule has 0 spiro atoms. The second kappa shape index (κ2) is 7.29. The summed E-state index contributed by atoms with van der Waals surface area (Å²) in [6.45, 7) is 4.17. The molecule has 0 saturated heterocycles. The Hall–Kier alpha value is -2.67. The number of carbonyl (C=O) groups excluding carboxylic acids is 1. The molecule has 0 fully saturated rings. The maximum Gasteiger partial charge on any atom is 0.262 e. The number of fused-ring (bicyclic) bond motifs is 1. The summed E-state index contributed by atoms with van der Waals surface area (Å²) >= 11 is 1.51. The van der Waals surface area contributed by atoms with Crippen LogP contribution in [0.4, 0.5) is 0 Å². The van der Waals surface area contributed by atoms with Gasteiger partial charge in [-0.25, -0.2) is 4.98 Å². The predicted octanol–water partition coefficient (Wildman–Crippen LogP) is 2.88. The summed E-state index contributed by atoms with van der Waals surface area (Å²) in [4.78, 5) is 30.8. The lowest BCUT2D eigenvalue weighted by Gasteiger charge is -2.11. The molecule has 3 aromatic rings. The van der Waals surface area contributed by atoms with E-state index in [1.54, 1.807) is 11.7 Å². The van der Waals surface area contributed by atoms with Crippen molar-refractivity contribution in [3.8, 4) is 16.9 Å². The molecule has 1 aromatic carbocycles. The highest BCUT2D eigenvalue weighted by Crippen LogP contribution is 2.37. The van der Waals surface area contributed by atoms with Gasteiger partial charge < -0.3 is 10.5 Å². The van der Waals surface area contributed by atoms with Crippen LogP contribution in [0.5, 0.6) is 5.75 Å². The molecule has 3 rings (SSSR count). The minimum absolute atomic E-state index is 0.109. The fourth-order valence-electron chi connectivity index (χ4n) is 3.09. The molecular weight excluding hydrogens is 350 g/mol. The van der Waals surface area contributed by atoms with E-state index in [2.05, 4.69) is 4.98 Å².